The summed E-state index contributed by atoms with van der Waals surface area (Å²) >= 11 is 1.00. The number of hydrogen-bond donors (Lipinski definition) is 2. The summed E-state index contributed by atoms with van der Waals surface area (Å²) in [7, 11) is 0. The number of carbonyl (C=O) groups excluding carboxylic acids is 2. The molecular formula is C23H25N5O5S. The molecular weight excluding hydrogens is 458 g/mol. The van der Waals surface area contributed by atoms with Gasteiger partial charge in [-0.25, -0.2) is 9.78 Å². The lowest BCUT2D eigenvalue weighted by Crippen LogP contribution is -2.42. The van der Waals surface area contributed by atoms with E-state index in [1.807, 2.05) is 0 Å². The second-order valence-corrected chi connectivity index (χ2v) is 9.10. The number of likely N-dealkylation sites (tertiary alicyclic amines) is 1. The number of pyridine rings is 1. The van der Waals surface area contributed by atoms with E-state index in [0.29, 0.717) is 49.4 Å². The van der Waals surface area contributed by atoms with Gasteiger partial charge in [0.2, 0.25) is 0 Å². The van der Waals surface area contributed by atoms with Crippen molar-refractivity contribution >= 4 is 39.2 Å². The summed E-state index contributed by atoms with van der Waals surface area (Å²) in [4.78, 5) is 44.2. The molecule has 2 amide bonds. The Hall–Kier alpha value is -3.65. The van der Waals surface area contributed by atoms with Gasteiger partial charge in [-0.15, -0.1) is 11.3 Å². The minimum atomic E-state index is -0.481. The molecule has 0 unspecified atom stereocenters. The molecule has 3 aromatic rings. The highest BCUT2D eigenvalue weighted by molar-refractivity contribution is 7.20. The third kappa shape index (κ3) is 4.97. The lowest BCUT2D eigenvalue weighted by Gasteiger charge is -2.31. The van der Waals surface area contributed by atoms with Gasteiger partial charge in [-0.05, 0) is 25.0 Å². The number of aromatic nitrogens is 2. The number of nitrogens with one attached hydrogen (secondary N) is 1. The number of carbonyl (C=O) groups is 2. The van der Waals surface area contributed by atoms with Crippen molar-refractivity contribution in [3.05, 3.63) is 39.6 Å². The van der Waals surface area contributed by atoms with Crippen LogP contribution in [0.15, 0.2) is 29.2 Å². The summed E-state index contributed by atoms with van der Waals surface area (Å²) in [6.07, 6.45) is 4.75. The standard InChI is InChI=1S/C23H25N5O5S/c24-10-4-1-2-5-11-25-23(32)33-15-8-13-27(14-9-15)22(31)19-18(29)17-20(34-19)26-16-7-3-6-12-28(16)21(17)30/h3,6-7,12,15,29H,1-2,4-5,8-9,11,13-14H2,(H,25,32). The topological polar surface area (TPSA) is 137 Å². The number of ether oxygens (including phenoxy) is 1. The normalized spacial score (nSPS) is 14.3. The van der Waals surface area contributed by atoms with E-state index in [2.05, 4.69) is 16.4 Å². The first-order valence-corrected chi connectivity index (χ1v) is 12.0. The molecule has 0 spiro atoms. The van der Waals surface area contributed by atoms with Gasteiger partial charge in [-0.1, -0.05) is 12.5 Å². The van der Waals surface area contributed by atoms with E-state index >= 15 is 0 Å². The molecule has 178 valence electrons. The molecule has 0 aliphatic carbocycles. The van der Waals surface area contributed by atoms with E-state index in [0.717, 1.165) is 30.6 Å². The SMILES string of the molecule is N#CCCCCCNC(=O)OC1CCN(C(=O)c2sc3nc4ccccn4c(=O)c3c2O)CC1. The van der Waals surface area contributed by atoms with E-state index in [9.17, 15) is 19.5 Å². The van der Waals surface area contributed by atoms with Crippen LogP contribution >= 0.6 is 11.3 Å². The number of thiophene rings is 1. The Bertz CT molecular complexity index is 1300. The van der Waals surface area contributed by atoms with Crippen molar-refractivity contribution in [1.29, 1.82) is 5.26 Å². The van der Waals surface area contributed by atoms with Gasteiger partial charge < -0.3 is 20.1 Å². The molecule has 34 heavy (non-hydrogen) atoms. The fourth-order valence-corrected chi connectivity index (χ4v) is 4.99. The fraction of sp³-hybridized carbons (Fsp3) is 0.435. The highest BCUT2D eigenvalue weighted by Gasteiger charge is 2.30. The van der Waals surface area contributed by atoms with Crippen LogP contribution in [-0.4, -0.2) is 57.1 Å². The van der Waals surface area contributed by atoms with Crippen LogP contribution in [0.3, 0.4) is 0 Å². The predicted molar refractivity (Wildman–Crippen MR) is 126 cm³/mol. The van der Waals surface area contributed by atoms with Crippen molar-refractivity contribution in [3.8, 4) is 11.8 Å². The molecule has 1 fully saturated rings. The molecule has 2 N–H and O–H groups in total. The molecule has 0 atom stereocenters. The van der Waals surface area contributed by atoms with Crippen LogP contribution in [0, 0.1) is 11.3 Å². The van der Waals surface area contributed by atoms with E-state index in [-0.39, 0.29) is 28.0 Å². The van der Waals surface area contributed by atoms with Gasteiger partial charge in [0.05, 0.1) is 6.07 Å². The Labute approximate surface area is 199 Å². The number of nitriles is 1. The van der Waals surface area contributed by atoms with E-state index in [1.165, 1.54) is 4.40 Å². The average molecular weight is 484 g/mol. The number of alkyl carbamates (subject to hydrolysis) is 1. The zero-order chi connectivity index (χ0) is 24.1. The monoisotopic (exact) mass is 483 g/mol. The molecule has 4 heterocycles. The van der Waals surface area contributed by atoms with Crippen molar-refractivity contribution in [2.45, 2.75) is 44.6 Å². The smallest absolute Gasteiger partial charge is 0.407 e. The quantitative estimate of drug-likeness (QED) is 0.493. The summed E-state index contributed by atoms with van der Waals surface area (Å²) in [5.41, 5.74) is 0.0234. The molecule has 1 saturated heterocycles. The van der Waals surface area contributed by atoms with Crippen LogP contribution in [0.4, 0.5) is 4.79 Å². The third-order valence-corrected chi connectivity index (χ3v) is 6.84. The summed E-state index contributed by atoms with van der Waals surface area (Å²) < 4.78 is 6.78. The highest BCUT2D eigenvalue weighted by atomic mass is 32.1. The van der Waals surface area contributed by atoms with Gasteiger partial charge in [-0.2, -0.15) is 5.26 Å². The maximum Gasteiger partial charge on any atom is 0.407 e. The summed E-state index contributed by atoms with van der Waals surface area (Å²) in [5.74, 6) is -0.706. The fourth-order valence-electron chi connectivity index (χ4n) is 3.96. The molecule has 4 rings (SSSR count). The first-order chi connectivity index (χ1) is 16.5. The number of nitrogens with zero attached hydrogens (tertiary/aromatic N) is 4. The van der Waals surface area contributed by atoms with E-state index < -0.39 is 11.7 Å². The van der Waals surface area contributed by atoms with E-state index in [4.69, 9.17) is 10.00 Å². The van der Waals surface area contributed by atoms with Gasteiger partial charge in [0.25, 0.3) is 11.5 Å². The molecule has 0 aromatic carbocycles. The second-order valence-electron chi connectivity index (χ2n) is 8.10. The first kappa shape index (κ1) is 23.5. The predicted octanol–water partition coefficient (Wildman–Crippen LogP) is 3.03. The third-order valence-electron chi connectivity index (χ3n) is 5.78. The Morgan fingerprint density at radius 1 is 1.26 bits per heavy atom. The number of hydrogen-bond acceptors (Lipinski definition) is 8. The van der Waals surface area contributed by atoms with Crippen molar-refractivity contribution in [1.82, 2.24) is 19.6 Å². The van der Waals surface area contributed by atoms with Crippen molar-refractivity contribution in [2.24, 2.45) is 0 Å². The van der Waals surface area contributed by atoms with Crippen LogP contribution in [0.5, 0.6) is 5.75 Å². The Kier molecular flexibility index (Phi) is 7.27. The van der Waals surface area contributed by atoms with Crippen LogP contribution in [0.2, 0.25) is 0 Å². The Morgan fingerprint density at radius 2 is 2.06 bits per heavy atom. The molecule has 1 aliphatic rings. The lowest BCUT2D eigenvalue weighted by atomic mass is 10.1. The zero-order valence-corrected chi connectivity index (χ0v) is 19.3. The van der Waals surface area contributed by atoms with Crippen molar-refractivity contribution < 1.29 is 19.4 Å². The zero-order valence-electron chi connectivity index (χ0n) is 18.5. The first-order valence-electron chi connectivity index (χ1n) is 11.2. The van der Waals surface area contributed by atoms with Crippen molar-refractivity contribution in [3.63, 3.8) is 0 Å². The Balaban J connectivity index is 1.34. The maximum atomic E-state index is 13.1. The number of fused-ring (bicyclic) bond motifs is 2. The summed E-state index contributed by atoms with van der Waals surface area (Å²) in [5, 5.41) is 21.9. The summed E-state index contributed by atoms with van der Waals surface area (Å²) in [6.45, 7) is 1.23. The van der Waals surface area contributed by atoms with Crippen molar-refractivity contribution in [2.75, 3.05) is 19.6 Å². The van der Waals surface area contributed by atoms with Crippen LogP contribution in [0.1, 0.15) is 48.2 Å². The molecule has 1 aliphatic heterocycles. The molecule has 0 bridgehead atoms. The second kappa shape index (κ2) is 10.5. The number of aromatic hydroxyl groups is 1. The van der Waals surface area contributed by atoms with Crippen LogP contribution in [-0.2, 0) is 4.74 Å². The molecule has 10 nitrogen and oxygen atoms in total. The largest absolute Gasteiger partial charge is 0.505 e. The van der Waals surface area contributed by atoms with Crippen LogP contribution < -0.4 is 10.9 Å². The van der Waals surface area contributed by atoms with Crippen LogP contribution in [0.25, 0.3) is 15.9 Å². The van der Waals surface area contributed by atoms with Gasteiger partial charge in [-0.3, -0.25) is 14.0 Å². The van der Waals surface area contributed by atoms with Gasteiger partial charge in [0.15, 0.2) is 5.75 Å². The number of rotatable bonds is 7. The average Bonchev–Trinajstić information content (AvgIpc) is 3.17. The Morgan fingerprint density at radius 3 is 2.82 bits per heavy atom. The number of piperidine rings is 1. The van der Waals surface area contributed by atoms with Gasteiger partial charge in [0, 0.05) is 45.1 Å². The summed E-state index contributed by atoms with van der Waals surface area (Å²) in [6, 6.07) is 7.24. The molecule has 0 saturated carbocycles. The minimum absolute atomic E-state index is 0.0413. The highest BCUT2D eigenvalue weighted by Crippen LogP contribution is 2.35. The van der Waals surface area contributed by atoms with Gasteiger partial charge in [0.1, 0.15) is 26.8 Å². The lowest BCUT2D eigenvalue weighted by molar-refractivity contribution is 0.0426. The maximum absolute atomic E-state index is 13.1. The van der Waals surface area contributed by atoms with Gasteiger partial charge >= 0.3 is 6.09 Å². The number of amides is 2. The molecule has 11 heteroatoms. The molecule has 3 aromatic heterocycles. The van der Waals surface area contributed by atoms with E-state index in [1.54, 1.807) is 29.3 Å². The molecule has 0 radical (unpaired) electrons. The number of unbranched alkanes of at least 4 members (excludes halogenated alkanes) is 3. The minimum Gasteiger partial charge on any atom is -0.505 e.